The standard InChI is InChI=1S/C11H22N2O5S/c1-4-5-12(8-10(14)15)19(16,17)13-6-7-18-11(2,3)9-13/h4-9H2,1-3H3,(H,14,15). The zero-order chi connectivity index (χ0) is 14.7. The summed E-state index contributed by atoms with van der Waals surface area (Å²) in [5.74, 6) is -1.15. The summed E-state index contributed by atoms with van der Waals surface area (Å²) in [5.41, 5.74) is -0.549. The molecule has 112 valence electrons. The number of carbonyl (C=O) groups is 1. The van der Waals surface area contributed by atoms with Crippen LogP contribution in [0.25, 0.3) is 0 Å². The predicted octanol–water partition coefficient (Wildman–Crippen LogP) is 0.139. The van der Waals surface area contributed by atoms with Crippen molar-refractivity contribution < 1.29 is 23.1 Å². The van der Waals surface area contributed by atoms with Crippen molar-refractivity contribution in [2.75, 3.05) is 32.8 Å². The number of hydrogen-bond donors (Lipinski definition) is 1. The van der Waals surface area contributed by atoms with Crippen LogP contribution >= 0.6 is 0 Å². The van der Waals surface area contributed by atoms with Gasteiger partial charge in [-0.3, -0.25) is 4.79 Å². The number of ether oxygens (including phenoxy) is 1. The molecule has 0 saturated carbocycles. The Hall–Kier alpha value is -0.700. The Labute approximate surface area is 114 Å². The third kappa shape index (κ3) is 4.41. The van der Waals surface area contributed by atoms with Gasteiger partial charge in [0, 0.05) is 19.6 Å². The topological polar surface area (TPSA) is 87.2 Å². The maximum Gasteiger partial charge on any atom is 0.318 e. The Morgan fingerprint density at radius 3 is 2.58 bits per heavy atom. The van der Waals surface area contributed by atoms with Crippen LogP contribution in [0, 0.1) is 0 Å². The van der Waals surface area contributed by atoms with Crippen LogP contribution in [-0.4, -0.2) is 66.5 Å². The van der Waals surface area contributed by atoms with Gasteiger partial charge < -0.3 is 9.84 Å². The summed E-state index contributed by atoms with van der Waals surface area (Å²) in [7, 11) is -3.75. The summed E-state index contributed by atoms with van der Waals surface area (Å²) in [5, 5.41) is 8.83. The minimum absolute atomic E-state index is 0.201. The lowest BCUT2D eigenvalue weighted by atomic mass is 10.1. The Balaban J connectivity index is 2.89. The van der Waals surface area contributed by atoms with E-state index < -0.39 is 28.3 Å². The van der Waals surface area contributed by atoms with Crippen molar-refractivity contribution in [2.45, 2.75) is 32.8 Å². The van der Waals surface area contributed by atoms with Crippen molar-refractivity contribution in [1.82, 2.24) is 8.61 Å². The van der Waals surface area contributed by atoms with E-state index in [-0.39, 0.29) is 19.6 Å². The molecule has 1 fully saturated rings. The molecule has 0 aromatic carbocycles. The molecule has 1 aliphatic rings. The van der Waals surface area contributed by atoms with Gasteiger partial charge in [0.1, 0.15) is 6.54 Å². The number of carboxylic acids is 1. The molecular weight excluding hydrogens is 272 g/mol. The lowest BCUT2D eigenvalue weighted by Gasteiger charge is -2.39. The SMILES string of the molecule is CCCN(CC(=O)O)S(=O)(=O)N1CCOC(C)(C)C1. The molecule has 1 aliphatic heterocycles. The maximum atomic E-state index is 12.4. The first-order valence-electron chi connectivity index (χ1n) is 6.30. The molecule has 0 radical (unpaired) electrons. The van der Waals surface area contributed by atoms with Crippen molar-refractivity contribution in [3.63, 3.8) is 0 Å². The monoisotopic (exact) mass is 294 g/mol. The molecule has 7 nitrogen and oxygen atoms in total. The number of aliphatic carboxylic acids is 1. The number of nitrogens with zero attached hydrogens (tertiary/aromatic N) is 2. The summed E-state index contributed by atoms with van der Waals surface area (Å²) >= 11 is 0. The molecule has 0 aromatic heterocycles. The van der Waals surface area contributed by atoms with Gasteiger partial charge in [0.25, 0.3) is 10.2 Å². The Morgan fingerprint density at radius 1 is 1.47 bits per heavy atom. The van der Waals surface area contributed by atoms with Crippen LogP contribution < -0.4 is 0 Å². The maximum absolute atomic E-state index is 12.4. The van der Waals surface area contributed by atoms with E-state index in [9.17, 15) is 13.2 Å². The van der Waals surface area contributed by atoms with Gasteiger partial charge in [-0.2, -0.15) is 17.0 Å². The van der Waals surface area contributed by atoms with Crippen LogP contribution in [0.3, 0.4) is 0 Å². The summed E-state index contributed by atoms with van der Waals surface area (Å²) in [4.78, 5) is 10.8. The predicted molar refractivity (Wildman–Crippen MR) is 70.0 cm³/mol. The second-order valence-electron chi connectivity index (χ2n) is 5.18. The van der Waals surface area contributed by atoms with Crippen LogP contribution in [-0.2, 0) is 19.7 Å². The number of rotatable bonds is 6. The van der Waals surface area contributed by atoms with E-state index in [1.165, 1.54) is 4.31 Å². The smallest absolute Gasteiger partial charge is 0.318 e. The molecule has 0 bridgehead atoms. The van der Waals surface area contributed by atoms with Gasteiger partial charge in [0.05, 0.1) is 12.2 Å². The van der Waals surface area contributed by atoms with Crippen LogP contribution in [0.1, 0.15) is 27.2 Å². The van der Waals surface area contributed by atoms with Crippen molar-refractivity contribution in [2.24, 2.45) is 0 Å². The highest BCUT2D eigenvalue weighted by atomic mass is 32.2. The zero-order valence-corrected chi connectivity index (χ0v) is 12.4. The molecule has 0 unspecified atom stereocenters. The van der Waals surface area contributed by atoms with E-state index in [4.69, 9.17) is 9.84 Å². The number of carboxylic acid groups (broad SMARTS) is 1. The second-order valence-corrected chi connectivity index (χ2v) is 7.11. The first kappa shape index (κ1) is 16.4. The van der Waals surface area contributed by atoms with E-state index in [1.54, 1.807) is 0 Å². The molecule has 0 aliphatic carbocycles. The molecule has 0 aromatic rings. The van der Waals surface area contributed by atoms with E-state index in [0.717, 1.165) is 4.31 Å². The first-order chi connectivity index (χ1) is 8.69. The number of hydrogen-bond acceptors (Lipinski definition) is 4. The van der Waals surface area contributed by atoms with Crippen molar-refractivity contribution in [3.8, 4) is 0 Å². The highest BCUT2D eigenvalue weighted by Crippen LogP contribution is 2.21. The third-order valence-corrected chi connectivity index (χ3v) is 4.76. The highest BCUT2D eigenvalue weighted by Gasteiger charge is 2.37. The van der Waals surface area contributed by atoms with Gasteiger partial charge in [0.15, 0.2) is 0 Å². The van der Waals surface area contributed by atoms with Crippen LogP contribution in [0.15, 0.2) is 0 Å². The molecule has 1 rings (SSSR count). The quantitative estimate of drug-likeness (QED) is 0.753. The second kappa shape index (κ2) is 6.17. The molecule has 0 spiro atoms. The van der Waals surface area contributed by atoms with E-state index in [0.29, 0.717) is 13.0 Å². The summed E-state index contributed by atoms with van der Waals surface area (Å²) in [6, 6.07) is 0. The summed E-state index contributed by atoms with van der Waals surface area (Å²) in [6.45, 7) is 5.94. The fraction of sp³-hybridized carbons (Fsp3) is 0.909. The van der Waals surface area contributed by atoms with Crippen LogP contribution in [0.5, 0.6) is 0 Å². The van der Waals surface area contributed by atoms with E-state index in [2.05, 4.69) is 0 Å². The normalized spacial score (nSPS) is 20.6. The molecule has 1 saturated heterocycles. The van der Waals surface area contributed by atoms with Crippen molar-refractivity contribution in [1.29, 1.82) is 0 Å². The minimum Gasteiger partial charge on any atom is -0.480 e. The molecule has 0 amide bonds. The number of morpholine rings is 1. The average Bonchev–Trinajstić information content (AvgIpc) is 2.26. The lowest BCUT2D eigenvalue weighted by Crippen LogP contribution is -2.55. The average molecular weight is 294 g/mol. The van der Waals surface area contributed by atoms with E-state index >= 15 is 0 Å². The highest BCUT2D eigenvalue weighted by molar-refractivity contribution is 7.86. The Morgan fingerprint density at radius 2 is 2.11 bits per heavy atom. The third-order valence-electron chi connectivity index (χ3n) is 2.83. The van der Waals surface area contributed by atoms with Crippen molar-refractivity contribution in [3.05, 3.63) is 0 Å². The fourth-order valence-electron chi connectivity index (χ4n) is 2.01. The molecule has 0 atom stereocenters. The lowest BCUT2D eigenvalue weighted by molar-refractivity contribution is -0.137. The van der Waals surface area contributed by atoms with Gasteiger partial charge in [-0.25, -0.2) is 0 Å². The van der Waals surface area contributed by atoms with Gasteiger partial charge in [-0.15, -0.1) is 0 Å². The summed E-state index contributed by atoms with van der Waals surface area (Å²) < 4.78 is 32.6. The van der Waals surface area contributed by atoms with Gasteiger partial charge in [-0.05, 0) is 20.3 Å². The first-order valence-corrected chi connectivity index (χ1v) is 7.70. The molecule has 8 heteroatoms. The minimum atomic E-state index is -3.75. The Kier molecular flexibility index (Phi) is 5.31. The van der Waals surface area contributed by atoms with E-state index in [1.807, 2.05) is 20.8 Å². The fourth-order valence-corrected chi connectivity index (χ4v) is 3.80. The largest absolute Gasteiger partial charge is 0.480 e. The van der Waals surface area contributed by atoms with Crippen LogP contribution in [0.4, 0.5) is 0 Å². The Bertz CT molecular complexity index is 421. The molecule has 1 heterocycles. The molecule has 1 N–H and O–H groups in total. The molecule has 19 heavy (non-hydrogen) atoms. The van der Waals surface area contributed by atoms with Gasteiger partial charge >= 0.3 is 5.97 Å². The zero-order valence-electron chi connectivity index (χ0n) is 11.6. The van der Waals surface area contributed by atoms with Crippen LogP contribution in [0.2, 0.25) is 0 Å². The summed E-state index contributed by atoms with van der Waals surface area (Å²) in [6.07, 6.45) is 0.570. The van der Waals surface area contributed by atoms with Gasteiger partial charge in [0.2, 0.25) is 0 Å². The van der Waals surface area contributed by atoms with Crippen molar-refractivity contribution >= 4 is 16.2 Å². The molecular formula is C11H22N2O5S. The van der Waals surface area contributed by atoms with Gasteiger partial charge in [-0.1, -0.05) is 6.92 Å².